The lowest BCUT2D eigenvalue weighted by molar-refractivity contribution is 1.14. The molecule has 4 heteroatoms. The van der Waals surface area contributed by atoms with E-state index in [4.69, 9.17) is 0 Å². The van der Waals surface area contributed by atoms with Crippen LogP contribution in [0.2, 0.25) is 0 Å². The quantitative estimate of drug-likeness (QED) is 0.766. The van der Waals surface area contributed by atoms with Crippen LogP contribution in [-0.4, -0.2) is 9.97 Å². The third-order valence-electron chi connectivity index (χ3n) is 1.71. The fourth-order valence-electron chi connectivity index (χ4n) is 1.03. The second-order valence-corrected chi connectivity index (χ2v) is 4.70. The molecular weight excluding hydrogens is 236 g/mol. The van der Waals surface area contributed by atoms with Crippen LogP contribution < -0.4 is 0 Å². The van der Waals surface area contributed by atoms with Gasteiger partial charge >= 0.3 is 0 Å². The van der Waals surface area contributed by atoms with Gasteiger partial charge in [-0.2, -0.15) is 0 Å². The van der Waals surface area contributed by atoms with Crippen LogP contribution in [0.25, 0.3) is 0 Å². The molecule has 2 heterocycles. The van der Waals surface area contributed by atoms with Crippen molar-refractivity contribution in [1.82, 2.24) is 9.97 Å². The highest BCUT2D eigenvalue weighted by Gasteiger charge is 1.90. The lowest BCUT2D eigenvalue weighted by atomic mass is 10.5. The molecule has 0 spiro atoms. The summed E-state index contributed by atoms with van der Waals surface area (Å²) in [6.45, 7) is 0. The summed E-state index contributed by atoms with van der Waals surface area (Å²) in [7, 11) is 0. The van der Waals surface area contributed by atoms with Crippen LogP contribution in [0.4, 0.5) is 0 Å². The Bertz CT molecular complexity index is 400. The maximum atomic E-state index is 4.21. The van der Waals surface area contributed by atoms with Crippen molar-refractivity contribution >= 4 is 23.5 Å². The molecule has 16 heavy (non-hydrogen) atoms. The number of hydrogen-bond acceptors (Lipinski definition) is 4. The molecule has 0 N–H and O–H groups in total. The first-order chi connectivity index (χ1) is 7.95. The van der Waals surface area contributed by atoms with Crippen LogP contribution in [0.5, 0.6) is 0 Å². The molecule has 80 valence electrons. The summed E-state index contributed by atoms with van der Waals surface area (Å²) in [5.74, 6) is 0. The zero-order chi connectivity index (χ0) is 11.1. The van der Waals surface area contributed by atoms with Gasteiger partial charge in [0.05, 0.1) is 0 Å². The van der Waals surface area contributed by atoms with Gasteiger partial charge in [-0.25, -0.2) is 9.97 Å². The van der Waals surface area contributed by atoms with Crippen molar-refractivity contribution < 1.29 is 0 Å². The number of pyridine rings is 2. The van der Waals surface area contributed by atoms with E-state index in [-0.39, 0.29) is 0 Å². The molecule has 0 saturated carbocycles. The Hall–Kier alpha value is -1.26. The van der Waals surface area contributed by atoms with E-state index in [0.717, 1.165) is 10.1 Å². The van der Waals surface area contributed by atoms with Crippen molar-refractivity contribution in [3.63, 3.8) is 0 Å². The Labute approximate surface area is 103 Å². The first-order valence-corrected chi connectivity index (χ1v) is 6.51. The van der Waals surface area contributed by atoms with E-state index < -0.39 is 0 Å². The average molecular weight is 246 g/mol. The van der Waals surface area contributed by atoms with Crippen LogP contribution in [0.15, 0.2) is 69.7 Å². The summed E-state index contributed by atoms with van der Waals surface area (Å²) in [4.78, 5) is 8.42. The summed E-state index contributed by atoms with van der Waals surface area (Å²) in [5, 5.41) is 6.03. The second-order valence-electron chi connectivity index (χ2n) is 2.84. The Morgan fingerprint density at radius 1 is 0.750 bits per heavy atom. The summed E-state index contributed by atoms with van der Waals surface area (Å²) in [6, 6.07) is 11.8. The minimum absolute atomic E-state index is 1.00. The third-order valence-corrected chi connectivity index (χ3v) is 3.39. The van der Waals surface area contributed by atoms with Crippen molar-refractivity contribution in [2.24, 2.45) is 0 Å². The Morgan fingerprint density at radius 3 is 1.62 bits per heavy atom. The molecule has 0 aromatic carbocycles. The van der Waals surface area contributed by atoms with Crippen LogP contribution in [0.3, 0.4) is 0 Å². The first-order valence-electron chi connectivity index (χ1n) is 4.75. The highest BCUT2D eigenvalue weighted by atomic mass is 32.2. The molecule has 2 aromatic heterocycles. The van der Waals surface area contributed by atoms with Gasteiger partial charge in [0.2, 0.25) is 0 Å². The highest BCUT2D eigenvalue weighted by Crippen LogP contribution is 2.20. The van der Waals surface area contributed by atoms with Gasteiger partial charge in [0.15, 0.2) is 0 Å². The fraction of sp³-hybridized carbons (Fsp3) is 0. The van der Waals surface area contributed by atoms with E-state index in [1.807, 2.05) is 47.2 Å². The molecule has 0 fully saturated rings. The van der Waals surface area contributed by atoms with Crippen molar-refractivity contribution in [2.45, 2.75) is 10.1 Å². The topological polar surface area (TPSA) is 25.8 Å². The predicted octanol–water partition coefficient (Wildman–Crippen LogP) is 3.83. The van der Waals surface area contributed by atoms with E-state index in [1.165, 1.54) is 0 Å². The first kappa shape index (κ1) is 11.2. The number of aromatic nitrogens is 2. The maximum absolute atomic E-state index is 4.21. The minimum Gasteiger partial charge on any atom is -0.250 e. The molecule has 2 nitrogen and oxygen atoms in total. The van der Waals surface area contributed by atoms with Crippen LogP contribution in [0.1, 0.15) is 0 Å². The second kappa shape index (κ2) is 6.35. The fourth-order valence-corrected chi connectivity index (χ4v) is 2.31. The van der Waals surface area contributed by atoms with Crippen molar-refractivity contribution in [3.05, 3.63) is 59.6 Å². The molecule has 0 saturated heterocycles. The summed E-state index contributed by atoms with van der Waals surface area (Å²) in [5.41, 5.74) is 0. The number of rotatable bonds is 4. The molecule has 2 rings (SSSR count). The van der Waals surface area contributed by atoms with E-state index >= 15 is 0 Å². The predicted molar refractivity (Wildman–Crippen MR) is 69.3 cm³/mol. The summed E-state index contributed by atoms with van der Waals surface area (Å²) in [6.07, 6.45) is 3.59. The number of nitrogens with zero attached hydrogens (tertiary/aromatic N) is 2. The molecule has 0 amide bonds. The zero-order valence-electron chi connectivity index (χ0n) is 8.48. The Kier molecular flexibility index (Phi) is 4.46. The Balaban J connectivity index is 1.83. The molecule has 0 aliphatic rings. The molecule has 0 unspecified atom stereocenters. The number of thioether (sulfide) groups is 2. The van der Waals surface area contributed by atoms with Crippen LogP contribution in [0, 0.1) is 0 Å². The van der Waals surface area contributed by atoms with Gasteiger partial charge in [-0.1, -0.05) is 35.7 Å². The maximum Gasteiger partial charge on any atom is 0.100 e. The van der Waals surface area contributed by atoms with Crippen molar-refractivity contribution in [2.75, 3.05) is 0 Å². The van der Waals surface area contributed by atoms with Gasteiger partial charge in [0, 0.05) is 12.4 Å². The van der Waals surface area contributed by atoms with Crippen LogP contribution in [-0.2, 0) is 0 Å². The molecule has 0 aliphatic heterocycles. The van der Waals surface area contributed by atoms with Gasteiger partial charge < -0.3 is 0 Å². The van der Waals surface area contributed by atoms with Crippen molar-refractivity contribution in [1.29, 1.82) is 0 Å². The molecule has 0 aliphatic carbocycles. The minimum atomic E-state index is 1.00. The van der Waals surface area contributed by atoms with Gasteiger partial charge in [0.25, 0.3) is 0 Å². The average Bonchev–Trinajstić information content (AvgIpc) is 2.37. The van der Waals surface area contributed by atoms with E-state index in [1.54, 1.807) is 35.9 Å². The SMILES string of the molecule is C(=C\Sc1ccccn1)/Sc1ccccn1. The van der Waals surface area contributed by atoms with Gasteiger partial charge in [-0.15, -0.1) is 0 Å². The molecule has 2 aromatic rings. The van der Waals surface area contributed by atoms with Gasteiger partial charge in [-0.3, -0.25) is 0 Å². The monoisotopic (exact) mass is 246 g/mol. The van der Waals surface area contributed by atoms with E-state index in [0.29, 0.717) is 0 Å². The number of hydrogen-bond donors (Lipinski definition) is 0. The van der Waals surface area contributed by atoms with E-state index in [9.17, 15) is 0 Å². The summed E-state index contributed by atoms with van der Waals surface area (Å²) >= 11 is 3.20. The van der Waals surface area contributed by atoms with Gasteiger partial charge in [-0.05, 0) is 35.1 Å². The molecular formula is C12H10N2S2. The molecule has 0 radical (unpaired) electrons. The van der Waals surface area contributed by atoms with Crippen LogP contribution >= 0.6 is 23.5 Å². The normalized spacial score (nSPS) is 10.8. The smallest absolute Gasteiger partial charge is 0.100 e. The summed E-state index contributed by atoms with van der Waals surface area (Å²) < 4.78 is 0. The van der Waals surface area contributed by atoms with E-state index in [2.05, 4.69) is 9.97 Å². The lowest BCUT2D eigenvalue weighted by Gasteiger charge is -1.94. The third kappa shape index (κ3) is 3.72. The zero-order valence-corrected chi connectivity index (χ0v) is 10.1. The molecule has 0 atom stereocenters. The lowest BCUT2D eigenvalue weighted by Crippen LogP contribution is -1.73. The standard InChI is InChI=1S/C12H10N2S2/c1-3-7-13-11(5-1)15-9-10-16-12-6-2-4-8-14-12/h1-10H/b10-9+. The van der Waals surface area contributed by atoms with Gasteiger partial charge in [0.1, 0.15) is 10.1 Å². The highest BCUT2D eigenvalue weighted by molar-refractivity contribution is 8.05. The largest absolute Gasteiger partial charge is 0.250 e. The Morgan fingerprint density at radius 2 is 1.25 bits per heavy atom. The molecule has 0 bridgehead atoms. The van der Waals surface area contributed by atoms with Crippen molar-refractivity contribution in [3.8, 4) is 0 Å².